The molecule has 0 atom stereocenters. The van der Waals surface area contributed by atoms with Gasteiger partial charge < -0.3 is 10.1 Å². The monoisotopic (exact) mass is 362 g/mol. The number of carbonyl (C=O) groups is 1. The van der Waals surface area contributed by atoms with E-state index in [1.165, 1.54) is 37.7 Å². The van der Waals surface area contributed by atoms with Crippen LogP contribution in [-0.2, 0) is 11.3 Å². The molecule has 0 radical (unpaired) electrons. The highest BCUT2D eigenvalue weighted by Crippen LogP contribution is 2.27. The third kappa shape index (κ3) is 6.32. The van der Waals surface area contributed by atoms with Gasteiger partial charge in [0.25, 0.3) is 5.91 Å². The van der Waals surface area contributed by atoms with E-state index in [4.69, 9.17) is 4.74 Å². The molecule has 2 fully saturated rings. The normalized spacial score (nSPS) is 19.7. The second-order valence-corrected chi connectivity index (χ2v) is 8.38. The lowest BCUT2D eigenvalue weighted by Crippen LogP contribution is -2.35. The van der Waals surface area contributed by atoms with Crippen LogP contribution in [0.2, 0.25) is 0 Å². The summed E-state index contributed by atoms with van der Waals surface area (Å²) in [6.45, 7) is 5.30. The van der Waals surface area contributed by atoms with Crippen molar-refractivity contribution in [1.82, 2.24) is 10.2 Å². The molecule has 138 valence electrons. The molecule has 1 saturated heterocycles. The van der Waals surface area contributed by atoms with Crippen molar-refractivity contribution in [1.29, 1.82) is 0 Å². The molecule has 0 aromatic heterocycles. The average Bonchev–Trinajstić information content (AvgIpc) is 2.67. The second-order valence-electron chi connectivity index (χ2n) is 6.97. The molecule has 1 aromatic carbocycles. The van der Waals surface area contributed by atoms with Gasteiger partial charge in [0, 0.05) is 42.7 Å². The van der Waals surface area contributed by atoms with Gasteiger partial charge in [-0.2, -0.15) is 11.8 Å². The first-order valence-corrected chi connectivity index (χ1v) is 10.6. The van der Waals surface area contributed by atoms with E-state index in [2.05, 4.69) is 22.3 Å². The van der Waals surface area contributed by atoms with Crippen molar-refractivity contribution < 1.29 is 9.53 Å². The maximum Gasteiger partial charge on any atom is 0.251 e. The molecule has 1 saturated carbocycles. The summed E-state index contributed by atoms with van der Waals surface area (Å²) in [5, 5.41) is 3.86. The zero-order valence-electron chi connectivity index (χ0n) is 15.0. The Morgan fingerprint density at radius 1 is 1.12 bits per heavy atom. The van der Waals surface area contributed by atoms with Crippen LogP contribution >= 0.6 is 11.8 Å². The fourth-order valence-corrected chi connectivity index (χ4v) is 4.72. The number of hydrogen-bond acceptors (Lipinski definition) is 4. The van der Waals surface area contributed by atoms with Gasteiger partial charge in [-0.25, -0.2) is 0 Å². The van der Waals surface area contributed by atoms with Crippen LogP contribution in [0, 0.1) is 0 Å². The molecular formula is C20H30N2O2S. The Balaban J connectivity index is 1.36. The summed E-state index contributed by atoms with van der Waals surface area (Å²) in [5.74, 6) is 1.06. The fourth-order valence-electron chi connectivity index (χ4n) is 3.50. The van der Waals surface area contributed by atoms with Crippen LogP contribution in [0.5, 0.6) is 0 Å². The predicted octanol–water partition coefficient (Wildman–Crippen LogP) is 3.31. The standard InChI is InChI=1S/C20H30N2O2S/c23-20(21-10-15-25-19-4-2-1-3-5-19)18-8-6-17(7-9-18)16-22-11-13-24-14-12-22/h6-9,19H,1-5,10-16H2,(H,21,23). The van der Waals surface area contributed by atoms with E-state index < -0.39 is 0 Å². The number of thioether (sulfide) groups is 1. The van der Waals surface area contributed by atoms with Gasteiger partial charge in [0.05, 0.1) is 13.2 Å². The first-order valence-electron chi connectivity index (χ1n) is 9.60. The number of carbonyl (C=O) groups excluding carboxylic acids is 1. The smallest absolute Gasteiger partial charge is 0.251 e. The number of morpholine rings is 1. The highest BCUT2D eigenvalue weighted by molar-refractivity contribution is 7.99. The zero-order chi connectivity index (χ0) is 17.3. The van der Waals surface area contributed by atoms with Gasteiger partial charge >= 0.3 is 0 Å². The first-order chi connectivity index (χ1) is 12.3. The van der Waals surface area contributed by atoms with E-state index in [-0.39, 0.29) is 5.91 Å². The Hall–Kier alpha value is -1.04. The number of ether oxygens (including phenoxy) is 1. The molecular weight excluding hydrogens is 332 g/mol. The van der Waals surface area contributed by atoms with Crippen molar-refractivity contribution in [3.63, 3.8) is 0 Å². The third-order valence-electron chi connectivity index (χ3n) is 5.02. The van der Waals surface area contributed by atoms with E-state index in [0.717, 1.165) is 56.0 Å². The highest BCUT2D eigenvalue weighted by atomic mass is 32.2. The molecule has 0 spiro atoms. The lowest BCUT2D eigenvalue weighted by atomic mass is 10.0. The minimum Gasteiger partial charge on any atom is -0.379 e. The number of amides is 1. The van der Waals surface area contributed by atoms with Gasteiger partial charge in [-0.05, 0) is 30.5 Å². The quantitative estimate of drug-likeness (QED) is 0.756. The van der Waals surface area contributed by atoms with Crippen LogP contribution in [0.15, 0.2) is 24.3 Å². The van der Waals surface area contributed by atoms with Gasteiger partial charge in [-0.15, -0.1) is 0 Å². The van der Waals surface area contributed by atoms with E-state index in [0.29, 0.717) is 0 Å². The Morgan fingerprint density at radius 3 is 2.56 bits per heavy atom. The summed E-state index contributed by atoms with van der Waals surface area (Å²) in [7, 11) is 0. The zero-order valence-corrected chi connectivity index (χ0v) is 15.9. The van der Waals surface area contributed by atoms with E-state index in [9.17, 15) is 4.79 Å². The number of hydrogen-bond donors (Lipinski definition) is 1. The molecule has 0 bridgehead atoms. The van der Waals surface area contributed by atoms with E-state index in [1.54, 1.807) is 0 Å². The highest BCUT2D eigenvalue weighted by Gasteiger charge is 2.14. The maximum atomic E-state index is 12.2. The molecule has 3 rings (SSSR count). The van der Waals surface area contributed by atoms with Crippen molar-refractivity contribution in [3.8, 4) is 0 Å². The summed E-state index contributed by atoms with van der Waals surface area (Å²) in [4.78, 5) is 14.6. The van der Waals surface area contributed by atoms with Gasteiger partial charge in [-0.3, -0.25) is 9.69 Å². The van der Waals surface area contributed by atoms with Crippen molar-refractivity contribution >= 4 is 17.7 Å². The summed E-state index contributed by atoms with van der Waals surface area (Å²) in [6, 6.07) is 8.03. The average molecular weight is 363 g/mol. The molecule has 1 heterocycles. The van der Waals surface area contributed by atoms with E-state index in [1.807, 2.05) is 23.9 Å². The largest absolute Gasteiger partial charge is 0.379 e. The minimum absolute atomic E-state index is 0.0437. The molecule has 1 aliphatic carbocycles. The molecule has 1 aliphatic heterocycles. The SMILES string of the molecule is O=C(NCCSC1CCCCC1)c1ccc(CN2CCOCC2)cc1. The maximum absolute atomic E-state index is 12.2. The summed E-state index contributed by atoms with van der Waals surface area (Å²) in [5.41, 5.74) is 2.01. The van der Waals surface area contributed by atoms with Crippen molar-refractivity contribution in [2.45, 2.75) is 43.9 Å². The number of benzene rings is 1. The van der Waals surface area contributed by atoms with Gasteiger partial charge in [0.2, 0.25) is 0 Å². The molecule has 1 amide bonds. The van der Waals surface area contributed by atoms with Crippen LogP contribution in [0.25, 0.3) is 0 Å². The minimum atomic E-state index is 0.0437. The lowest BCUT2D eigenvalue weighted by Gasteiger charge is -2.26. The van der Waals surface area contributed by atoms with Crippen molar-refractivity contribution in [2.75, 3.05) is 38.6 Å². The molecule has 0 unspecified atom stereocenters. The molecule has 1 aromatic rings. The van der Waals surface area contributed by atoms with Gasteiger partial charge in [0.15, 0.2) is 0 Å². The third-order valence-corrected chi connectivity index (χ3v) is 6.40. The molecule has 4 nitrogen and oxygen atoms in total. The van der Waals surface area contributed by atoms with Crippen LogP contribution in [0.4, 0.5) is 0 Å². The van der Waals surface area contributed by atoms with Gasteiger partial charge in [-0.1, -0.05) is 31.4 Å². The van der Waals surface area contributed by atoms with Crippen LogP contribution in [0.1, 0.15) is 48.0 Å². The Kier molecular flexibility index (Phi) is 7.64. The van der Waals surface area contributed by atoms with Crippen molar-refractivity contribution in [3.05, 3.63) is 35.4 Å². The molecule has 25 heavy (non-hydrogen) atoms. The number of nitrogens with one attached hydrogen (secondary N) is 1. The number of rotatable bonds is 7. The Morgan fingerprint density at radius 2 is 1.84 bits per heavy atom. The first kappa shape index (κ1) is 18.7. The predicted molar refractivity (Wildman–Crippen MR) is 104 cm³/mol. The number of nitrogens with zero attached hydrogens (tertiary/aromatic N) is 1. The summed E-state index contributed by atoms with van der Waals surface area (Å²) < 4.78 is 5.38. The Labute approximate surface area is 155 Å². The van der Waals surface area contributed by atoms with Crippen molar-refractivity contribution in [2.24, 2.45) is 0 Å². The van der Waals surface area contributed by atoms with E-state index >= 15 is 0 Å². The second kappa shape index (κ2) is 10.2. The topological polar surface area (TPSA) is 41.6 Å². The van der Waals surface area contributed by atoms with Crippen LogP contribution in [-0.4, -0.2) is 54.7 Å². The van der Waals surface area contributed by atoms with Gasteiger partial charge in [0.1, 0.15) is 0 Å². The van der Waals surface area contributed by atoms with Crippen LogP contribution in [0.3, 0.4) is 0 Å². The molecule has 5 heteroatoms. The van der Waals surface area contributed by atoms with Crippen LogP contribution < -0.4 is 5.32 Å². The summed E-state index contributed by atoms with van der Waals surface area (Å²) >= 11 is 2.03. The summed E-state index contributed by atoms with van der Waals surface area (Å²) in [6.07, 6.45) is 6.85. The fraction of sp³-hybridized carbons (Fsp3) is 0.650. The molecule has 2 aliphatic rings. The molecule has 1 N–H and O–H groups in total. The Bertz CT molecular complexity index is 523. The lowest BCUT2D eigenvalue weighted by molar-refractivity contribution is 0.0342.